The van der Waals surface area contributed by atoms with Crippen molar-refractivity contribution in [1.82, 2.24) is 9.78 Å². The second kappa shape index (κ2) is 4.69. The summed E-state index contributed by atoms with van der Waals surface area (Å²) in [6, 6.07) is 0. The van der Waals surface area contributed by atoms with Gasteiger partial charge in [0.2, 0.25) is 0 Å². The van der Waals surface area contributed by atoms with Crippen molar-refractivity contribution >= 4 is 17.6 Å². The normalized spacial score (nSPS) is 23.5. The number of carboxylic acids is 1. The van der Waals surface area contributed by atoms with Crippen LogP contribution in [-0.4, -0.2) is 20.9 Å². The number of aromatic nitrogens is 2. The zero-order valence-electron chi connectivity index (χ0n) is 10.1. The largest absolute Gasteiger partial charge is 0.481 e. The standard InChI is InChI=1S/C12H17ClN2O2/c1-3-15-10(11(13)7(2)14-15)6-8-4-5-9(8)12(16)17/h8-9H,3-6H2,1-2H3,(H,16,17). The number of hydrogen-bond donors (Lipinski definition) is 1. The Labute approximate surface area is 106 Å². The Balaban J connectivity index is 2.16. The van der Waals surface area contributed by atoms with E-state index in [9.17, 15) is 4.79 Å². The third-order valence-electron chi connectivity index (χ3n) is 3.64. The summed E-state index contributed by atoms with van der Waals surface area (Å²) in [5.74, 6) is -0.672. The van der Waals surface area contributed by atoms with Crippen LogP contribution < -0.4 is 0 Å². The summed E-state index contributed by atoms with van der Waals surface area (Å²) < 4.78 is 1.88. The van der Waals surface area contributed by atoms with E-state index in [2.05, 4.69) is 5.10 Å². The Bertz CT molecular complexity index is 442. The van der Waals surface area contributed by atoms with Crippen molar-refractivity contribution in [1.29, 1.82) is 0 Å². The fourth-order valence-corrected chi connectivity index (χ4v) is 2.66. The molecule has 1 aromatic heterocycles. The van der Waals surface area contributed by atoms with Gasteiger partial charge in [-0.15, -0.1) is 0 Å². The highest BCUT2D eigenvalue weighted by atomic mass is 35.5. The molecule has 2 rings (SSSR count). The third kappa shape index (κ3) is 2.18. The van der Waals surface area contributed by atoms with Crippen molar-refractivity contribution in [3.05, 3.63) is 16.4 Å². The second-order valence-electron chi connectivity index (χ2n) is 4.65. The molecule has 0 saturated heterocycles. The third-order valence-corrected chi connectivity index (χ3v) is 4.13. The molecule has 94 valence electrons. The first kappa shape index (κ1) is 12.4. The summed E-state index contributed by atoms with van der Waals surface area (Å²) in [5.41, 5.74) is 1.82. The van der Waals surface area contributed by atoms with E-state index in [4.69, 9.17) is 16.7 Å². The van der Waals surface area contributed by atoms with Gasteiger partial charge in [-0.05, 0) is 39.0 Å². The highest BCUT2D eigenvalue weighted by molar-refractivity contribution is 6.31. The summed E-state index contributed by atoms with van der Waals surface area (Å²) in [4.78, 5) is 11.0. The summed E-state index contributed by atoms with van der Waals surface area (Å²) in [6.07, 6.45) is 2.49. The zero-order valence-corrected chi connectivity index (χ0v) is 10.9. The van der Waals surface area contributed by atoms with E-state index < -0.39 is 5.97 Å². The topological polar surface area (TPSA) is 55.1 Å². The van der Waals surface area contributed by atoms with Crippen LogP contribution in [0.2, 0.25) is 5.02 Å². The van der Waals surface area contributed by atoms with Crippen molar-refractivity contribution in [2.24, 2.45) is 11.8 Å². The van der Waals surface area contributed by atoms with Crippen molar-refractivity contribution < 1.29 is 9.90 Å². The monoisotopic (exact) mass is 256 g/mol. The molecule has 1 heterocycles. The fourth-order valence-electron chi connectivity index (χ4n) is 2.45. The SMILES string of the molecule is CCn1nc(C)c(Cl)c1CC1CCC1C(=O)O. The molecule has 0 spiro atoms. The molecule has 1 aliphatic rings. The van der Waals surface area contributed by atoms with Gasteiger partial charge in [-0.25, -0.2) is 0 Å². The van der Waals surface area contributed by atoms with Gasteiger partial charge in [0.15, 0.2) is 0 Å². The molecule has 5 heteroatoms. The van der Waals surface area contributed by atoms with E-state index in [0.29, 0.717) is 5.02 Å². The lowest BCUT2D eigenvalue weighted by Gasteiger charge is -2.33. The number of halogens is 1. The van der Waals surface area contributed by atoms with Crippen molar-refractivity contribution in [2.45, 2.75) is 39.7 Å². The lowest BCUT2D eigenvalue weighted by molar-refractivity contribution is -0.147. The van der Waals surface area contributed by atoms with Crippen molar-refractivity contribution in [2.75, 3.05) is 0 Å². The Morgan fingerprint density at radius 1 is 1.59 bits per heavy atom. The summed E-state index contributed by atoms with van der Waals surface area (Å²) in [5, 5.41) is 14.1. The molecule has 4 nitrogen and oxygen atoms in total. The molecule has 1 saturated carbocycles. The van der Waals surface area contributed by atoms with Gasteiger partial charge in [0.25, 0.3) is 0 Å². The fraction of sp³-hybridized carbons (Fsp3) is 0.667. The van der Waals surface area contributed by atoms with Crippen molar-refractivity contribution in [3.63, 3.8) is 0 Å². The van der Waals surface area contributed by atoms with Gasteiger partial charge in [-0.1, -0.05) is 11.6 Å². The number of rotatable bonds is 4. The predicted molar refractivity (Wildman–Crippen MR) is 65.2 cm³/mol. The van der Waals surface area contributed by atoms with Gasteiger partial charge >= 0.3 is 5.97 Å². The maximum atomic E-state index is 11.0. The number of carbonyl (C=O) groups is 1. The molecule has 0 bridgehead atoms. The molecule has 17 heavy (non-hydrogen) atoms. The zero-order chi connectivity index (χ0) is 12.6. The van der Waals surface area contributed by atoms with Crippen LogP contribution >= 0.6 is 11.6 Å². The maximum absolute atomic E-state index is 11.0. The molecule has 1 fully saturated rings. The Hall–Kier alpha value is -1.03. The van der Waals surface area contributed by atoms with Gasteiger partial charge in [-0.3, -0.25) is 9.48 Å². The molecular formula is C12H17ClN2O2. The Morgan fingerprint density at radius 2 is 2.29 bits per heavy atom. The molecule has 0 aliphatic heterocycles. The smallest absolute Gasteiger partial charge is 0.306 e. The van der Waals surface area contributed by atoms with E-state index in [1.807, 2.05) is 18.5 Å². The van der Waals surface area contributed by atoms with E-state index >= 15 is 0 Å². The second-order valence-corrected chi connectivity index (χ2v) is 5.03. The molecule has 1 aromatic rings. The van der Waals surface area contributed by atoms with Crippen LogP contribution in [0.5, 0.6) is 0 Å². The van der Waals surface area contributed by atoms with Crippen LogP contribution in [0.25, 0.3) is 0 Å². The molecule has 0 amide bonds. The number of carboxylic acid groups (broad SMARTS) is 1. The number of aliphatic carboxylic acids is 1. The average molecular weight is 257 g/mol. The van der Waals surface area contributed by atoms with Crippen LogP contribution in [0, 0.1) is 18.8 Å². The number of hydrogen-bond acceptors (Lipinski definition) is 2. The number of nitrogens with zero attached hydrogens (tertiary/aromatic N) is 2. The minimum Gasteiger partial charge on any atom is -0.481 e. The van der Waals surface area contributed by atoms with E-state index in [1.54, 1.807) is 0 Å². The van der Waals surface area contributed by atoms with Gasteiger partial charge in [0.1, 0.15) is 0 Å². The summed E-state index contributed by atoms with van der Waals surface area (Å²) in [6.45, 7) is 4.67. The molecule has 2 atom stereocenters. The maximum Gasteiger partial charge on any atom is 0.306 e. The van der Waals surface area contributed by atoms with E-state index in [0.717, 1.165) is 37.2 Å². The van der Waals surface area contributed by atoms with Crippen LogP contribution in [0.3, 0.4) is 0 Å². The summed E-state index contributed by atoms with van der Waals surface area (Å²) >= 11 is 6.21. The number of aryl methyl sites for hydroxylation is 2. The minimum atomic E-state index is -0.684. The quantitative estimate of drug-likeness (QED) is 0.901. The van der Waals surface area contributed by atoms with Crippen LogP contribution in [-0.2, 0) is 17.8 Å². The van der Waals surface area contributed by atoms with Gasteiger partial charge < -0.3 is 5.11 Å². The molecule has 1 aliphatic carbocycles. The highest BCUT2D eigenvalue weighted by Gasteiger charge is 2.37. The van der Waals surface area contributed by atoms with Crippen LogP contribution in [0.15, 0.2) is 0 Å². The molecule has 0 radical (unpaired) electrons. The minimum absolute atomic E-state index is 0.202. The molecular weight excluding hydrogens is 240 g/mol. The van der Waals surface area contributed by atoms with Crippen molar-refractivity contribution in [3.8, 4) is 0 Å². The van der Waals surface area contributed by atoms with Crippen LogP contribution in [0.4, 0.5) is 0 Å². The predicted octanol–water partition coefficient (Wildman–Crippen LogP) is 2.52. The Morgan fingerprint density at radius 3 is 2.76 bits per heavy atom. The molecule has 2 unspecified atom stereocenters. The molecule has 1 N–H and O–H groups in total. The van der Waals surface area contributed by atoms with Gasteiger partial charge in [-0.2, -0.15) is 5.10 Å². The van der Waals surface area contributed by atoms with Crippen LogP contribution in [0.1, 0.15) is 31.2 Å². The molecule has 0 aromatic carbocycles. The lowest BCUT2D eigenvalue weighted by atomic mass is 9.71. The lowest BCUT2D eigenvalue weighted by Crippen LogP contribution is -2.34. The summed E-state index contributed by atoms with van der Waals surface area (Å²) in [7, 11) is 0. The van der Waals surface area contributed by atoms with Gasteiger partial charge in [0, 0.05) is 6.54 Å². The average Bonchev–Trinajstić information content (AvgIpc) is 2.49. The van der Waals surface area contributed by atoms with E-state index in [1.165, 1.54) is 0 Å². The van der Waals surface area contributed by atoms with Gasteiger partial charge in [0.05, 0.1) is 22.3 Å². The first-order chi connectivity index (χ1) is 8.04. The highest BCUT2D eigenvalue weighted by Crippen LogP contribution is 2.38. The Kier molecular flexibility index (Phi) is 3.43. The first-order valence-electron chi connectivity index (χ1n) is 5.99. The van der Waals surface area contributed by atoms with E-state index in [-0.39, 0.29) is 11.8 Å². The first-order valence-corrected chi connectivity index (χ1v) is 6.37.